The minimum absolute atomic E-state index is 0.0793. The number of halogens is 2. The maximum Gasteiger partial charge on any atom is 0.338 e. The maximum absolute atomic E-state index is 13.7. The third kappa shape index (κ3) is 4.04. The summed E-state index contributed by atoms with van der Waals surface area (Å²) < 4.78 is 32.4. The monoisotopic (exact) mass is 316 g/mol. The first-order chi connectivity index (χ1) is 11.0. The zero-order valence-corrected chi connectivity index (χ0v) is 12.4. The molecule has 2 aromatic carbocycles. The summed E-state index contributed by atoms with van der Waals surface area (Å²) in [4.78, 5) is 11.5. The number of carbonyl (C=O) groups excluding carboxylic acids is 1. The van der Waals surface area contributed by atoms with E-state index in [2.05, 4.69) is 5.32 Å². The van der Waals surface area contributed by atoms with Crippen LogP contribution < -0.4 is 5.32 Å². The number of esters is 1. The molecule has 0 unspecified atom stereocenters. The van der Waals surface area contributed by atoms with E-state index in [-0.39, 0.29) is 17.8 Å². The topological polar surface area (TPSA) is 62.1 Å². The van der Waals surface area contributed by atoms with Crippen LogP contribution in [0.4, 0.5) is 14.5 Å². The lowest BCUT2D eigenvalue weighted by molar-refractivity contribution is 0.0526. The first kappa shape index (κ1) is 16.4. The zero-order chi connectivity index (χ0) is 16.8. The van der Waals surface area contributed by atoms with Gasteiger partial charge in [-0.1, -0.05) is 12.1 Å². The van der Waals surface area contributed by atoms with Crippen molar-refractivity contribution in [1.29, 1.82) is 5.26 Å². The normalized spacial score (nSPS) is 10.0. The van der Waals surface area contributed by atoms with Gasteiger partial charge < -0.3 is 10.1 Å². The highest BCUT2D eigenvalue weighted by atomic mass is 19.1. The van der Waals surface area contributed by atoms with Crippen molar-refractivity contribution in [1.82, 2.24) is 0 Å². The zero-order valence-electron chi connectivity index (χ0n) is 12.4. The minimum atomic E-state index is -0.829. The van der Waals surface area contributed by atoms with E-state index in [4.69, 9.17) is 10.00 Å². The van der Waals surface area contributed by atoms with Gasteiger partial charge in [0.2, 0.25) is 0 Å². The van der Waals surface area contributed by atoms with Crippen LogP contribution in [0.25, 0.3) is 0 Å². The molecule has 6 heteroatoms. The van der Waals surface area contributed by atoms with Crippen LogP contribution in [0.15, 0.2) is 36.4 Å². The minimum Gasteiger partial charge on any atom is -0.462 e. The molecule has 0 spiro atoms. The molecule has 118 valence electrons. The molecule has 0 aromatic heterocycles. The van der Waals surface area contributed by atoms with Crippen LogP contribution in [-0.2, 0) is 11.3 Å². The van der Waals surface area contributed by atoms with Crippen molar-refractivity contribution >= 4 is 11.7 Å². The van der Waals surface area contributed by atoms with E-state index >= 15 is 0 Å². The first-order valence-electron chi connectivity index (χ1n) is 6.94. The summed E-state index contributed by atoms with van der Waals surface area (Å²) in [7, 11) is 0. The van der Waals surface area contributed by atoms with Crippen molar-refractivity contribution in [2.45, 2.75) is 13.5 Å². The summed E-state index contributed by atoms with van der Waals surface area (Å²) in [6, 6.07) is 10.1. The van der Waals surface area contributed by atoms with Crippen LogP contribution in [-0.4, -0.2) is 12.6 Å². The van der Waals surface area contributed by atoms with Gasteiger partial charge in [0.15, 0.2) is 11.6 Å². The van der Waals surface area contributed by atoms with Crippen molar-refractivity contribution < 1.29 is 18.3 Å². The van der Waals surface area contributed by atoms with Crippen LogP contribution in [0, 0.1) is 23.0 Å². The Morgan fingerprint density at radius 1 is 1.22 bits per heavy atom. The largest absolute Gasteiger partial charge is 0.462 e. The number of carbonyl (C=O) groups is 1. The predicted molar refractivity (Wildman–Crippen MR) is 80.8 cm³/mol. The highest BCUT2D eigenvalue weighted by Gasteiger charge is 2.11. The second-order valence-corrected chi connectivity index (χ2v) is 4.70. The number of nitriles is 1. The van der Waals surface area contributed by atoms with Gasteiger partial charge in [-0.15, -0.1) is 0 Å². The second-order valence-electron chi connectivity index (χ2n) is 4.70. The van der Waals surface area contributed by atoms with Crippen LogP contribution in [0.5, 0.6) is 0 Å². The summed E-state index contributed by atoms with van der Waals surface area (Å²) in [6.45, 7) is 2.18. The quantitative estimate of drug-likeness (QED) is 0.856. The number of benzene rings is 2. The van der Waals surface area contributed by atoms with Crippen LogP contribution in [0.1, 0.15) is 28.4 Å². The fraction of sp³-hybridized carbons (Fsp3) is 0.176. The number of nitrogens with zero attached hydrogens (tertiary/aromatic N) is 1. The molecule has 2 rings (SSSR count). The molecule has 0 aliphatic rings. The average molecular weight is 316 g/mol. The lowest BCUT2D eigenvalue weighted by atomic mass is 10.1. The predicted octanol–water partition coefficient (Wildman–Crippen LogP) is 3.63. The lowest BCUT2D eigenvalue weighted by Crippen LogP contribution is -2.06. The Kier molecular flexibility index (Phi) is 5.26. The Bertz CT molecular complexity index is 729. The average Bonchev–Trinajstić information content (AvgIpc) is 2.54. The van der Waals surface area contributed by atoms with Crippen LogP contribution >= 0.6 is 0 Å². The molecule has 0 radical (unpaired) electrons. The van der Waals surface area contributed by atoms with Gasteiger partial charge in [-0.05, 0) is 36.8 Å². The Hall–Kier alpha value is -2.94. The Labute approximate surface area is 132 Å². The molecule has 0 aliphatic heterocycles. The molecule has 0 aliphatic carbocycles. The number of rotatable bonds is 5. The lowest BCUT2D eigenvalue weighted by Gasteiger charge is -2.10. The third-order valence-corrected chi connectivity index (χ3v) is 3.11. The number of hydrogen-bond acceptors (Lipinski definition) is 4. The summed E-state index contributed by atoms with van der Waals surface area (Å²) in [6.07, 6.45) is 0. The summed E-state index contributed by atoms with van der Waals surface area (Å²) >= 11 is 0. The Morgan fingerprint density at radius 3 is 2.35 bits per heavy atom. The van der Waals surface area contributed by atoms with Gasteiger partial charge >= 0.3 is 5.97 Å². The van der Waals surface area contributed by atoms with Gasteiger partial charge in [0.1, 0.15) is 5.69 Å². The van der Waals surface area contributed by atoms with Gasteiger partial charge in [-0.2, -0.15) is 5.26 Å². The van der Waals surface area contributed by atoms with Gasteiger partial charge in [0.05, 0.1) is 23.8 Å². The van der Waals surface area contributed by atoms with E-state index in [9.17, 15) is 13.6 Å². The first-order valence-corrected chi connectivity index (χ1v) is 6.94. The van der Waals surface area contributed by atoms with Crippen molar-refractivity contribution in [2.75, 3.05) is 11.9 Å². The van der Waals surface area contributed by atoms with Crippen molar-refractivity contribution in [3.8, 4) is 6.07 Å². The SMILES string of the molecule is CCOC(=O)c1ccc(CNc2c(F)cc(C#N)cc2F)cc1. The molecule has 0 saturated heterocycles. The molecule has 0 atom stereocenters. The molecular formula is C17H14F2N2O2. The Balaban J connectivity index is 2.07. The summed E-state index contributed by atoms with van der Waals surface area (Å²) in [5.41, 5.74) is 0.773. The van der Waals surface area contributed by atoms with E-state index in [0.29, 0.717) is 12.2 Å². The second kappa shape index (κ2) is 7.36. The van der Waals surface area contributed by atoms with E-state index in [1.165, 1.54) is 0 Å². The molecule has 4 nitrogen and oxygen atoms in total. The standard InChI is InChI=1S/C17H14F2N2O2/c1-2-23-17(22)13-5-3-11(4-6-13)10-21-16-14(18)7-12(9-20)8-15(16)19/h3-8,21H,2,10H2,1H3. The van der Waals surface area contributed by atoms with Crippen molar-refractivity contribution in [3.63, 3.8) is 0 Å². The van der Waals surface area contributed by atoms with Gasteiger partial charge in [-0.25, -0.2) is 13.6 Å². The van der Waals surface area contributed by atoms with Crippen molar-refractivity contribution in [2.24, 2.45) is 0 Å². The van der Waals surface area contributed by atoms with Crippen LogP contribution in [0.3, 0.4) is 0 Å². The van der Waals surface area contributed by atoms with E-state index < -0.39 is 17.6 Å². The molecule has 0 fully saturated rings. The maximum atomic E-state index is 13.7. The smallest absolute Gasteiger partial charge is 0.338 e. The molecule has 0 bridgehead atoms. The third-order valence-electron chi connectivity index (χ3n) is 3.11. The molecule has 0 saturated carbocycles. The number of anilines is 1. The van der Waals surface area contributed by atoms with Gasteiger partial charge in [-0.3, -0.25) is 0 Å². The van der Waals surface area contributed by atoms with E-state index in [0.717, 1.165) is 17.7 Å². The highest BCUT2D eigenvalue weighted by Crippen LogP contribution is 2.21. The fourth-order valence-electron chi connectivity index (χ4n) is 1.97. The van der Waals surface area contributed by atoms with Crippen LogP contribution in [0.2, 0.25) is 0 Å². The highest BCUT2D eigenvalue weighted by molar-refractivity contribution is 5.89. The summed E-state index contributed by atoms with van der Waals surface area (Å²) in [5.74, 6) is -2.08. The molecule has 23 heavy (non-hydrogen) atoms. The summed E-state index contributed by atoms with van der Waals surface area (Å²) in [5, 5.41) is 11.3. The van der Waals surface area contributed by atoms with Gasteiger partial charge in [0, 0.05) is 6.54 Å². The number of nitrogens with one attached hydrogen (secondary N) is 1. The number of hydrogen-bond donors (Lipinski definition) is 1. The fourth-order valence-corrected chi connectivity index (χ4v) is 1.97. The Morgan fingerprint density at radius 2 is 1.83 bits per heavy atom. The molecule has 2 aromatic rings. The molecular weight excluding hydrogens is 302 g/mol. The van der Waals surface area contributed by atoms with E-state index in [1.807, 2.05) is 0 Å². The van der Waals surface area contributed by atoms with Gasteiger partial charge in [0.25, 0.3) is 0 Å². The number of ether oxygens (including phenoxy) is 1. The molecule has 1 N–H and O–H groups in total. The molecule has 0 heterocycles. The molecule has 0 amide bonds. The van der Waals surface area contributed by atoms with E-state index in [1.54, 1.807) is 37.3 Å². The van der Waals surface area contributed by atoms with Crippen molar-refractivity contribution in [3.05, 3.63) is 64.7 Å².